The molecule has 1 atom stereocenters. The SMILES string of the molecule is CN=C(NCCN(C)C(C)C)NCC1CC(=O)N(CCc2ccccc2)C1.I. The topological polar surface area (TPSA) is 60.0 Å². The normalized spacial score (nSPS) is 17.2. The largest absolute Gasteiger partial charge is 0.356 e. The van der Waals surface area contributed by atoms with Crippen LogP contribution in [0, 0.1) is 5.92 Å². The van der Waals surface area contributed by atoms with Crippen molar-refractivity contribution in [3.05, 3.63) is 35.9 Å². The number of aliphatic imine (C=N–C) groups is 1. The summed E-state index contributed by atoms with van der Waals surface area (Å²) < 4.78 is 0. The van der Waals surface area contributed by atoms with Gasteiger partial charge in [-0.25, -0.2) is 0 Å². The van der Waals surface area contributed by atoms with Crippen molar-refractivity contribution in [1.82, 2.24) is 20.4 Å². The zero-order valence-electron chi connectivity index (χ0n) is 17.6. The summed E-state index contributed by atoms with van der Waals surface area (Å²) in [5.41, 5.74) is 1.28. The molecule has 0 aliphatic carbocycles. The Balaban J connectivity index is 0.00000392. The van der Waals surface area contributed by atoms with Gasteiger partial charge in [0, 0.05) is 58.2 Å². The molecule has 1 amide bonds. The molecule has 1 aliphatic rings. The molecule has 0 radical (unpaired) electrons. The highest BCUT2D eigenvalue weighted by atomic mass is 127. The fourth-order valence-corrected chi connectivity index (χ4v) is 3.19. The van der Waals surface area contributed by atoms with E-state index in [0.717, 1.165) is 45.1 Å². The molecule has 7 heteroatoms. The van der Waals surface area contributed by atoms with Gasteiger partial charge in [-0.1, -0.05) is 30.3 Å². The minimum Gasteiger partial charge on any atom is -0.356 e. The van der Waals surface area contributed by atoms with E-state index >= 15 is 0 Å². The van der Waals surface area contributed by atoms with Gasteiger partial charge in [0.25, 0.3) is 0 Å². The van der Waals surface area contributed by atoms with E-state index in [1.807, 2.05) is 23.1 Å². The van der Waals surface area contributed by atoms with Gasteiger partial charge in [-0.05, 0) is 32.9 Å². The number of hydrogen-bond acceptors (Lipinski definition) is 3. The maximum absolute atomic E-state index is 12.3. The standard InChI is InChI=1S/C21H35N5O.HI/c1-17(2)25(4)13-11-23-21(22-3)24-15-19-14-20(27)26(16-19)12-10-18-8-6-5-7-9-18;/h5-9,17,19H,10-16H2,1-4H3,(H2,22,23,24);1H. The van der Waals surface area contributed by atoms with Gasteiger partial charge in [0.1, 0.15) is 0 Å². The van der Waals surface area contributed by atoms with Crippen LogP contribution in [-0.4, -0.2) is 74.5 Å². The predicted molar refractivity (Wildman–Crippen MR) is 127 cm³/mol. The summed E-state index contributed by atoms with van der Waals surface area (Å²) in [4.78, 5) is 20.8. The van der Waals surface area contributed by atoms with Crippen molar-refractivity contribution in [2.75, 3.05) is 46.8 Å². The molecule has 0 bridgehead atoms. The molecule has 28 heavy (non-hydrogen) atoms. The molecule has 1 aliphatic heterocycles. The Morgan fingerprint density at radius 3 is 2.64 bits per heavy atom. The third kappa shape index (κ3) is 8.34. The predicted octanol–water partition coefficient (Wildman–Crippen LogP) is 2.20. The molecular formula is C21H36IN5O. The summed E-state index contributed by atoms with van der Waals surface area (Å²) in [6.07, 6.45) is 1.54. The number of carbonyl (C=O) groups excluding carboxylic acids is 1. The van der Waals surface area contributed by atoms with Crippen LogP contribution >= 0.6 is 24.0 Å². The van der Waals surface area contributed by atoms with Crippen molar-refractivity contribution in [3.63, 3.8) is 0 Å². The molecule has 6 nitrogen and oxygen atoms in total. The molecule has 1 unspecified atom stereocenters. The van der Waals surface area contributed by atoms with E-state index in [0.29, 0.717) is 18.4 Å². The van der Waals surface area contributed by atoms with Crippen LogP contribution in [0.15, 0.2) is 35.3 Å². The summed E-state index contributed by atoms with van der Waals surface area (Å²) in [6, 6.07) is 10.9. The average molecular weight is 501 g/mol. The van der Waals surface area contributed by atoms with Gasteiger partial charge in [-0.15, -0.1) is 24.0 Å². The van der Waals surface area contributed by atoms with Gasteiger partial charge >= 0.3 is 0 Å². The summed E-state index contributed by atoms with van der Waals surface area (Å²) in [5.74, 6) is 1.41. The monoisotopic (exact) mass is 501 g/mol. The molecular weight excluding hydrogens is 465 g/mol. The summed E-state index contributed by atoms with van der Waals surface area (Å²) in [7, 11) is 3.91. The molecule has 2 rings (SSSR count). The molecule has 1 aromatic rings. The van der Waals surface area contributed by atoms with Crippen LogP contribution in [0.4, 0.5) is 0 Å². The van der Waals surface area contributed by atoms with Crippen molar-refractivity contribution >= 4 is 35.8 Å². The Bertz CT molecular complexity index is 608. The number of guanidine groups is 1. The number of carbonyl (C=O) groups is 1. The number of amides is 1. The first-order chi connectivity index (χ1) is 13.0. The molecule has 1 fully saturated rings. The minimum atomic E-state index is 0. The molecule has 158 valence electrons. The van der Waals surface area contributed by atoms with E-state index in [1.54, 1.807) is 7.05 Å². The van der Waals surface area contributed by atoms with Gasteiger partial charge in [0.2, 0.25) is 5.91 Å². The number of halogens is 1. The van der Waals surface area contributed by atoms with Crippen molar-refractivity contribution < 1.29 is 4.79 Å². The minimum absolute atomic E-state index is 0. The smallest absolute Gasteiger partial charge is 0.223 e. The maximum Gasteiger partial charge on any atom is 0.223 e. The second kappa shape index (κ2) is 13.0. The van der Waals surface area contributed by atoms with Crippen molar-refractivity contribution in [1.29, 1.82) is 0 Å². The van der Waals surface area contributed by atoms with Gasteiger partial charge in [0.05, 0.1) is 0 Å². The van der Waals surface area contributed by atoms with E-state index in [-0.39, 0.29) is 29.9 Å². The Kier molecular flexibility index (Phi) is 11.4. The third-order valence-corrected chi connectivity index (χ3v) is 5.23. The lowest BCUT2D eigenvalue weighted by Crippen LogP contribution is -2.43. The third-order valence-electron chi connectivity index (χ3n) is 5.23. The highest BCUT2D eigenvalue weighted by molar-refractivity contribution is 14.0. The van der Waals surface area contributed by atoms with Crippen LogP contribution in [0.2, 0.25) is 0 Å². The lowest BCUT2D eigenvalue weighted by Gasteiger charge is -2.22. The first-order valence-corrected chi connectivity index (χ1v) is 9.96. The molecule has 1 heterocycles. The average Bonchev–Trinajstić information content (AvgIpc) is 3.03. The molecule has 1 aromatic carbocycles. The van der Waals surface area contributed by atoms with Crippen LogP contribution in [0.1, 0.15) is 25.8 Å². The Morgan fingerprint density at radius 2 is 2.00 bits per heavy atom. The first kappa shape index (κ1) is 24.7. The van der Waals surface area contributed by atoms with Crippen molar-refractivity contribution in [2.45, 2.75) is 32.7 Å². The lowest BCUT2D eigenvalue weighted by atomic mass is 10.1. The Labute approximate surface area is 187 Å². The van der Waals surface area contributed by atoms with Crippen LogP contribution in [0.5, 0.6) is 0 Å². The second-order valence-corrected chi connectivity index (χ2v) is 7.60. The van der Waals surface area contributed by atoms with Crippen molar-refractivity contribution in [2.24, 2.45) is 10.9 Å². The molecule has 2 N–H and O–H groups in total. The second-order valence-electron chi connectivity index (χ2n) is 7.60. The van der Waals surface area contributed by atoms with E-state index < -0.39 is 0 Å². The van der Waals surface area contributed by atoms with Crippen LogP contribution in [-0.2, 0) is 11.2 Å². The number of rotatable bonds is 9. The summed E-state index contributed by atoms with van der Waals surface area (Å²) in [5, 5.41) is 6.72. The Hall–Kier alpha value is -1.35. The van der Waals surface area contributed by atoms with Gasteiger partial charge < -0.3 is 20.4 Å². The first-order valence-electron chi connectivity index (χ1n) is 9.96. The van der Waals surface area contributed by atoms with E-state index in [4.69, 9.17) is 0 Å². The molecule has 0 saturated carbocycles. The van der Waals surface area contributed by atoms with E-state index in [1.165, 1.54) is 5.56 Å². The lowest BCUT2D eigenvalue weighted by molar-refractivity contribution is -0.127. The highest BCUT2D eigenvalue weighted by Crippen LogP contribution is 2.17. The number of hydrogen-bond donors (Lipinski definition) is 2. The number of benzene rings is 1. The number of likely N-dealkylation sites (N-methyl/N-ethyl adjacent to an activating group) is 1. The van der Waals surface area contributed by atoms with E-state index in [2.05, 4.69) is 53.6 Å². The fourth-order valence-electron chi connectivity index (χ4n) is 3.19. The zero-order valence-corrected chi connectivity index (χ0v) is 20.0. The van der Waals surface area contributed by atoms with Gasteiger partial charge in [0.15, 0.2) is 5.96 Å². The highest BCUT2D eigenvalue weighted by Gasteiger charge is 2.29. The zero-order chi connectivity index (χ0) is 19.6. The van der Waals surface area contributed by atoms with Crippen LogP contribution < -0.4 is 10.6 Å². The quantitative estimate of drug-likeness (QED) is 0.310. The molecule has 1 saturated heterocycles. The Morgan fingerprint density at radius 1 is 1.29 bits per heavy atom. The van der Waals surface area contributed by atoms with Crippen molar-refractivity contribution in [3.8, 4) is 0 Å². The maximum atomic E-state index is 12.3. The number of nitrogens with one attached hydrogen (secondary N) is 2. The molecule has 0 spiro atoms. The summed E-state index contributed by atoms with van der Waals surface area (Å²) in [6.45, 7) is 8.59. The number of nitrogens with zero attached hydrogens (tertiary/aromatic N) is 3. The molecule has 0 aromatic heterocycles. The van der Waals surface area contributed by atoms with E-state index in [9.17, 15) is 4.79 Å². The van der Waals surface area contributed by atoms with Gasteiger partial charge in [-0.3, -0.25) is 9.79 Å². The van der Waals surface area contributed by atoms with Crippen LogP contribution in [0.3, 0.4) is 0 Å². The fraction of sp³-hybridized carbons (Fsp3) is 0.619. The number of likely N-dealkylation sites (tertiary alicyclic amines) is 1. The summed E-state index contributed by atoms with van der Waals surface area (Å²) >= 11 is 0. The van der Waals surface area contributed by atoms with Crippen LogP contribution in [0.25, 0.3) is 0 Å². The van der Waals surface area contributed by atoms with Gasteiger partial charge in [-0.2, -0.15) is 0 Å².